The van der Waals surface area contributed by atoms with Crippen LogP contribution in [-0.4, -0.2) is 67.4 Å². The number of carbonyl (C=O) groups is 3. The summed E-state index contributed by atoms with van der Waals surface area (Å²) >= 11 is 0. The summed E-state index contributed by atoms with van der Waals surface area (Å²) in [5.74, 6) is -0.281. The number of fused-ring (bicyclic) bond motifs is 1. The van der Waals surface area contributed by atoms with Gasteiger partial charge in [-0.1, -0.05) is 25.5 Å². The van der Waals surface area contributed by atoms with Gasteiger partial charge < -0.3 is 4.90 Å². The van der Waals surface area contributed by atoms with E-state index in [4.69, 9.17) is 0 Å². The molecule has 3 amide bonds. The number of hydrogen-bond donors (Lipinski definition) is 0. The van der Waals surface area contributed by atoms with Crippen molar-refractivity contribution in [3.05, 3.63) is 41.2 Å². The Bertz CT molecular complexity index is 843. The van der Waals surface area contributed by atoms with Crippen LogP contribution in [0.25, 0.3) is 0 Å². The molecule has 3 rings (SSSR count). The molecule has 0 fully saturated rings. The van der Waals surface area contributed by atoms with E-state index < -0.39 is 0 Å². The number of benzene rings is 1. The lowest BCUT2D eigenvalue weighted by atomic mass is 10.1. The van der Waals surface area contributed by atoms with Crippen molar-refractivity contribution >= 4 is 17.7 Å². The minimum atomic E-state index is -0.308. The van der Waals surface area contributed by atoms with Gasteiger partial charge in [-0.3, -0.25) is 19.3 Å². The van der Waals surface area contributed by atoms with Crippen molar-refractivity contribution in [3.63, 3.8) is 0 Å². The molecule has 28 heavy (non-hydrogen) atoms. The molecule has 0 unspecified atom stereocenters. The van der Waals surface area contributed by atoms with Crippen molar-refractivity contribution < 1.29 is 14.4 Å². The number of hydrogen-bond acceptors (Lipinski definition) is 6. The second-order valence-electron chi connectivity index (χ2n) is 6.62. The minimum Gasteiger partial charge on any atom is -0.341 e. The summed E-state index contributed by atoms with van der Waals surface area (Å²) in [6, 6.07) is 6.76. The van der Waals surface area contributed by atoms with Crippen LogP contribution < -0.4 is 0 Å². The molecule has 1 aromatic carbocycles. The van der Waals surface area contributed by atoms with E-state index in [0.717, 1.165) is 12.8 Å². The fraction of sp³-hybridized carbons (Fsp3) is 0.474. The Morgan fingerprint density at radius 3 is 2.39 bits per heavy atom. The molecular weight excluding hydrogens is 360 g/mol. The van der Waals surface area contributed by atoms with Gasteiger partial charge in [0.2, 0.25) is 5.91 Å². The van der Waals surface area contributed by atoms with Crippen molar-refractivity contribution in [2.75, 3.05) is 19.6 Å². The number of unbranched alkanes of at least 4 members (excludes halogenated alkanes) is 1. The van der Waals surface area contributed by atoms with Crippen molar-refractivity contribution in [3.8, 4) is 0 Å². The summed E-state index contributed by atoms with van der Waals surface area (Å²) < 4.78 is 0. The average Bonchev–Trinajstić information content (AvgIpc) is 3.24. The number of amides is 3. The fourth-order valence-electron chi connectivity index (χ4n) is 3.13. The number of nitrogens with zero attached hydrogens (tertiary/aromatic N) is 6. The Labute approximate surface area is 163 Å². The molecule has 0 saturated heterocycles. The number of carbonyl (C=O) groups excluding carboxylic acids is 3. The second kappa shape index (κ2) is 8.73. The van der Waals surface area contributed by atoms with Gasteiger partial charge in [0.25, 0.3) is 11.8 Å². The zero-order chi connectivity index (χ0) is 20.1. The molecule has 0 aliphatic carbocycles. The Balaban J connectivity index is 1.56. The lowest BCUT2D eigenvalue weighted by molar-refractivity contribution is -0.132. The molecule has 9 nitrogen and oxygen atoms in total. The van der Waals surface area contributed by atoms with Gasteiger partial charge in [0.05, 0.1) is 11.1 Å². The average molecular weight is 384 g/mol. The van der Waals surface area contributed by atoms with E-state index in [2.05, 4.69) is 22.3 Å². The first-order valence-corrected chi connectivity index (χ1v) is 9.54. The normalized spacial score (nSPS) is 13.1. The fourth-order valence-corrected chi connectivity index (χ4v) is 3.13. The lowest BCUT2D eigenvalue weighted by Gasteiger charge is -2.19. The monoisotopic (exact) mass is 384 g/mol. The van der Waals surface area contributed by atoms with Crippen LogP contribution in [0.3, 0.4) is 0 Å². The quantitative estimate of drug-likeness (QED) is 0.601. The highest BCUT2D eigenvalue weighted by atomic mass is 16.2. The van der Waals surface area contributed by atoms with Crippen LogP contribution in [0, 0.1) is 0 Å². The predicted molar refractivity (Wildman–Crippen MR) is 100 cm³/mol. The maximum absolute atomic E-state index is 12.4. The van der Waals surface area contributed by atoms with Crippen LogP contribution in [0.1, 0.15) is 53.2 Å². The molecule has 1 aliphatic rings. The van der Waals surface area contributed by atoms with Crippen LogP contribution in [0.4, 0.5) is 0 Å². The molecule has 0 radical (unpaired) electrons. The molecule has 148 valence electrons. The summed E-state index contributed by atoms with van der Waals surface area (Å²) in [7, 11) is 0. The molecule has 9 heteroatoms. The van der Waals surface area contributed by atoms with Gasteiger partial charge in [0, 0.05) is 26.1 Å². The van der Waals surface area contributed by atoms with Gasteiger partial charge in [0.1, 0.15) is 6.54 Å². The Morgan fingerprint density at radius 1 is 1.11 bits per heavy atom. The van der Waals surface area contributed by atoms with Crippen molar-refractivity contribution in [1.82, 2.24) is 30.0 Å². The SMILES string of the molecule is CCCCN(CC)C(=O)Cn1nnc(CCN2C(=O)c3ccccc3C2=O)n1. The van der Waals surface area contributed by atoms with Gasteiger partial charge in [0.15, 0.2) is 5.82 Å². The number of imide groups is 1. The molecule has 0 saturated carbocycles. The van der Waals surface area contributed by atoms with Crippen LogP contribution >= 0.6 is 0 Å². The van der Waals surface area contributed by atoms with Gasteiger partial charge >= 0.3 is 0 Å². The molecule has 0 spiro atoms. The van der Waals surface area contributed by atoms with E-state index in [1.807, 2.05) is 6.92 Å². The molecular formula is C19H24N6O3. The molecule has 1 aliphatic heterocycles. The van der Waals surface area contributed by atoms with Gasteiger partial charge in [-0.2, -0.15) is 4.80 Å². The van der Waals surface area contributed by atoms with Crippen LogP contribution in [-0.2, 0) is 17.8 Å². The lowest BCUT2D eigenvalue weighted by Crippen LogP contribution is -2.35. The van der Waals surface area contributed by atoms with E-state index in [1.165, 1.54) is 9.70 Å². The van der Waals surface area contributed by atoms with Crippen LogP contribution in [0.2, 0.25) is 0 Å². The topological polar surface area (TPSA) is 101 Å². The number of likely N-dealkylation sites (N-methyl/N-ethyl adjacent to an activating group) is 1. The molecule has 2 aromatic rings. The summed E-state index contributed by atoms with van der Waals surface area (Å²) in [6.45, 7) is 5.57. The molecule has 1 aromatic heterocycles. The van der Waals surface area contributed by atoms with Crippen LogP contribution in [0.15, 0.2) is 24.3 Å². The Kier molecular flexibility index (Phi) is 6.13. The highest BCUT2D eigenvalue weighted by molar-refractivity contribution is 6.21. The van der Waals surface area contributed by atoms with Gasteiger partial charge in [-0.25, -0.2) is 0 Å². The zero-order valence-electron chi connectivity index (χ0n) is 16.2. The molecule has 0 bridgehead atoms. The third kappa shape index (κ3) is 4.08. The first kappa shape index (κ1) is 19.7. The van der Waals surface area contributed by atoms with Gasteiger partial charge in [-0.15, -0.1) is 10.2 Å². The first-order chi connectivity index (χ1) is 13.5. The smallest absolute Gasteiger partial charge is 0.261 e. The molecule has 0 atom stereocenters. The van der Waals surface area contributed by atoms with Crippen molar-refractivity contribution in [1.29, 1.82) is 0 Å². The molecule has 0 N–H and O–H groups in total. The summed E-state index contributed by atoms with van der Waals surface area (Å²) in [6.07, 6.45) is 2.26. The standard InChI is InChI=1S/C19H24N6O3/c1-3-5-11-23(4-2)17(26)13-25-21-16(20-22-25)10-12-24-18(27)14-8-6-7-9-15(14)19(24)28/h6-9H,3-5,10-13H2,1-2H3. The summed E-state index contributed by atoms with van der Waals surface area (Å²) in [5.41, 5.74) is 0.836. The summed E-state index contributed by atoms with van der Waals surface area (Å²) in [4.78, 5) is 41.3. The van der Waals surface area contributed by atoms with E-state index in [0.29, 0.717) is 30.0 Å². The number of tetrazole rings is 1. The second-order valence-corrected chi connectivity index (χ2v) is 6.62. The van der Waals surface area contributed by atoms with E-state index >= 15 is 0 Å². The Hall–Kier alpha value is -3.10. The molecule has 2 heterocycles. The van der Waals surface area contributed by atoms with Crippen LogP contribution in [0.5, 0.6) is 0 Å². The maximum atomic E-state index is 12.4. The third-order valence-corrected chi connectivity index (χ3v) is 4.72. The third-order valence-electron chi connectivity index (χ3n) is 4.72. The number of aromatic nitrogens is 4. The Morgan fingerprint density at radius 2 is 1.79 bits per heavy atom. The predicted octanol–water partition coefficient (Wildman–Crippen LogP) is 1.16. The maximum Gasteiger partial charge on any atom is 0.261 e. The van der Waals surface area contributed by atoms with Crippen molar-refractivity contribution in [2.45, 2.75) is 39.7 Å². The van der Waals surface area contributed by atoms with E-state index in [1.54, 1.807) is 29.2 Å². The van der Waals surface area contributed by atoms with E-state index in [-0.39, 0.29) is 37.2 Å². The van der Waals surface area contributed by atoms with E-state index in [9.17, 15) is 14.4 Å². The zero-order valence-corrected chi connectivity index (χ0v) is 16.2. The highest BCUT2D eigenvalue weighted by Crippen LogP contribution is 2.22. The summed E-state index contributed by atoms with van der Waals surface area (Å²) in [5, 5.41) is 12.1. The minimum absolute atomic E-state index is 0.0254. The van der Waals surface area contributed by atoms with Crippen molar-refractivity contribution in [2.24, 2.45) is 0 Å². The first-order valence-electron chi connectivity index (χ1n) is 9.54. The highest BCUT2D eigenvalue weighted by Gasteiger charge is 2.34. The number of rotatable bonds is 9. The largest absolute Gasteiger partial charge is 0.341 e. The van der Waals surface area contributed by atoms with Gasteiger partial charge in [-0.05, 0) is 30.7 Å².